The van der Waals surface area contributed by atoms with Gasteiger partial charge in [-0.1, -0.05) is 23.5 Å². The number of benzene rings is 2. The molecule has 0 bridgehead atoms. The van der Waals surface area contributed by atoms with Gasteiger partial charge in [-0.2, -0.15) is 0 Å². The van der Waals surface area contributed by atoms with Crippen molar-refractivity contribution in [2.75, 3.05) is 24.4 Å². The van der Waals surface area contributed by atoms with Crippen molar-refractivity contribution < 1.29 is 23.0 Å². The van der Waals surface area contributed by atoms with Crippen molar-refractivity contribution in [3.05, 3.63) is 65.9 Å². The summed E-state index contributed by atoms with van der Waals surface area (Å²) in [4.78, 5) is 18.0. The van der Waals surface area contributed by atoms with E-state index < -0.39 is 17.7 Å². The minimum Gasteiger partial charge on any atom is -0.445 e. The number of carbonyl (C=O) groups is 1. The van der Waals surface area contributed by atoms with Gasteiger partial charge in [0.2, 0.25) is 5.06 Å². The van der Waals surface area contributed by atoms with E-state index in [4.69, 9.17) is 9.47 Å². The molecule has 0 spiro atoms. The number of carbonyl (C=O) groups excluding carboxylic acids is 1. The number of methoxy groups -OCH3 is 1. The first-order chi connectivity index (χ1) is 13.9. The highest BCUT2D eigenvalue weighted by Crippen LogP contribution is 2.31. The van der Waals surface area contributed by atoms with Crippen LogP contribution in [0.3, 0.4) is 0 Å². The lowest BCUT2D eigenvalue weighted by molar-refractivity contribution is 0.119. The third-order valence-corrected chi connectivity index (χ3v) is 4.93. The van der Waals surface area contributed by atoms with Crippen LogP contribution in [0, 0.1) is 11.6 Å². The summed E-state index contributed by atoms with van der Waals surface area (Å²) in [6, 6.07) is 9.91. The topological polar surface area (TPSA) is 63.7 Å². The molecule has 1 atom stereocenters. The first-order valence-corrected chi connectivity index (χ1v) is 9.44. The van der Waals surface area contributed by atoms with Gasteiger partial charge in [0.25, 0.3) is 0 Å². The molecule has 1 heterocycles. The molecule has 0 aliphatic rings. The zero-order valence-electron chi connectivity index (χ0n) is 16.0. The molecule has 0 saturated carbocycles. The molecule has 0 aliphatic carbocycles. The number of amides is 2. The molecular weight excluding hydrogens is 400 g/mol. The molecule has 2 amide bonds. The van der Waals surface area contributed by atoms with Crippen molar-refractivity contribution in [2.45, 2.75) is 13.0 Å². The zero-order valence-corrected chi connectivity index (χ0v) is 16.8. The van der Waals surface area contributed by atoms with E-state index >= 15 is 0 Å². The smallest absolute Gasteiger partial charge is 0.327 e. The molecular formula is C20H19F2N3O3S. The van der Waals surface area contributed by atoms with Crippen LogP contribution in [0.4, 0.5) is 24.4 Å². The molecule has 1 unspecified atom stereocenters. The van der Waals surface area contributed by atoms with Crippen molar-refractivity contribution in [1.82, 2.24) is 4.98 Å². The Morgan fingerprint density at radius 1 is 1.21 bits per heavy atom. The van der Waals surface area contributed by atoms with Crippen molar-refractivity contribution in [3.63, 3.8) is 0 Å². The zero-order chi connectivity index (χ0) is 21.0. The third kappa shape index (κ3) is 5.27. The van der Waals surface area contributed by atoms with E-state index in [0.717, 1.165) is 35.1 Å². The molecule has 152 valence electrons. The summed E-state index contributed by atoms with van der Waals surface area (Å²) in [6.07, 6.45) is 1.27. The quantitative estimate of drug-likeness (QED) is 0.566. The Morgan fingerprint density at radius 3 is 2.62 bits per heavy atom. The molecule has 3 rings (SSSR count). The molecule has 1 aromatic heterocycles. The van der Waals surface area contributed by atoms with Crippen LogP contribution in [0.2, 0.25) is 0 Å². The second kappa shape index (κ2) is 8.97. The number of hydrogen-bond donors (Lipinski definition) is 1. The van der Waals surface area contributed by atoms with E-state index in [-0.39, 0.29) is 22.0 Å². The largest absolute Gasteiger partial charge is 0.445 e. The van der Waals surface area contributed by atoms with E-state index in [1.165, 1.54) is 11.1 Å². The number of thiazole rings is 1. The molecule has 0 aliphatic heterocycles. The fourth-order valence-corrected chi connectivity index (χ4v) is 3.16. The summed E-state index contributed by atoms with van der Waals surface area (Å²) in [5, 5.41) is 3.24. The Bertz CT molecular complexity index is 992. The predicted octanol–water partition coefficient (Wildman–Crippen LogP) is 5.59. The lowest BCUT2D eigenvalue weighted by Crippen LogP contribution is -2.31. The van der Waals surface area contributed by atoms with E-state index in [1.54, 1.807) is 20.2 Å². The Kier molecular flexibility index (Phi) is 6.40. The molecule has 9 heteroatoms. The molecule has 0 fully saturated rings. The standard InChI is InChI=1S/C20H19F2N3O3S/c1-12(27-3)13-5-4-6-16(7-13)25(2)20(26)24-19-23-11-18(29-19)28-17-9-14(21)8-15(22)10-17/h4-12H,1-3H3,(H,23,24,26). The highest BCUT2D eigenvalue weighted by atomic mass is 32.1. The maximum absolute atomic E-state index is 13.3. The van der Waals surface area contributed by atoms with Crippen molar-refractivity contribution >= 4 is 28.2 Å². The monoisotopic (exact) mass is 419 g/mol. The van der Waals surface area contributed by atoms with Crippen LogP contribution in [-0.4, -0.2) is 25.2 Å². The number of nitrogens with one attached hydrogen (secondary N) is 1. The van der Waals surface area contributed by atoms with Crippen LogP contribution < -0.4 is 15.0 Å². The first kappa shape index (κ1) is 20.7. The molecule has 1 N–H and O–H groups in total. The molecule has 2 aromatic carbocycles. The highest BCUT2D eigenvalue weighted by Gasteiger charge is 2.15. The summed E-state index contributed by atoms with van der Waals surface area (Å²) < 4.78 is 37.2. The number of halogens is 2. The predicted molar refractivity (Wildman–Crippen MR) is 108 cm³/mol. The normalized spacial score (nSPS) is 11.8. The molecule has 6 nitrogen and oxygen atoms in total. The van der Waals surface area contributed by atoms with Crippen LogP contribution in [0.15, 0.2) is 48.7 Å². The van der Waals surface area contributed by atoms with Gasteiger partial charge < -0.3 is 9.47 Å². The van der Waals surface area contributed by atoms with E-state index in [0.29, 0.717) is 5.69 Å². The molecule has 29 heavy (non-hydrogen) atoms. The third-order valence-electron chi connectivity index (χ3n) is 4.14. The first-order valence-electron chi connectivity index (χ1n) is 8.63. The molecule has 0 radical (unpaired) electrons. The summed E-state index contributed by atoms with van der Waals surface area (Å²) in [6.45, 7) is 1.92. The van der Waals surface area contributed by atoms with Gasteiger partial charge in [0.05, 0.1) is 12.3 Å². The summed E-state index contributed by atoms with van der Waals surface area (Å²) in [7, 11) is 3.25. The Labute approximate surface area is 170 Å². The number of hydrogen-bond acceptors (Lipinski definition) is 5. The van der Waals surface area contributed by atoms with Crippen LogP contribution in [-0.2, 0) is 4.74 Å². The average Bonchev–Trinajstić information content (AvgIpc) is 3.12. The fourth-order valence-electron chi connectivity index (χ4n) is 2.48. The van der Waals surface area contributed by atoms with Gasteiger partial charge in [0.1, 0.15) is 17.4 Å². The van der Waals surface area contributed by atoms with E-state index in [2.05, 4.69) is 10.3 Å². The van der Waals surface area contributed by atoms with Gasteiger partial charge in [0, 0.05) is 38.0 Å². The van der Waals surface area contributed by atoms with Gasteiger partial charge >= 0.3 is 6.03 Å². The van der Waals surface area contributed by atoms with Crippen LogP contribution in [0.25, 0.3) is 0 Å². The number of ether oxygens (including phenoxy) is 2. The molecule has 3 aromatic rings. The van der Waals surface area contributed by atoms with Gasteiger partial charge in [-0.25, -0.2) is 18.6 Å². The van der Waals surface area contributed by atoms with Crippen molar-refractivity contribution in [3.8, 4) is 10.8 Å². The van der Waals surface area contributed by atoms with Crippen molar-refractivity contribution in [1.29, 1.82) is 0 Å². The minimum atomic E-state index is -0.746. The average molecular weight is 419 g/mol. The summed E-state index contributed by atoms with van der Waals surface area (Å²) >= 11 is 1.04. The van der Waals surface area contributed by atoms with Gasteiger partial charge in [-0.05, 0) is 24.6 Å². The Hall–Kier alpha value is -3.04. The van der Waals surface area contributed by atoms with Gasteiger partial charge in [-0.15, -0.1) is 0 Å². The number of urea groups is 1. The Morgan fingerprint density at radius 2 is 1.93 bits per heavy atom. The van der Waals surface area contributed by atoms with Crippen LogP contribution >= 0.6 is 11.3 Å². The van der Waals surface area contributed by atoms with Gasteiger partial charge in [-0.3, -0.25) is 10.2 Å². The number of anilines is 2. The number of nitrogens with zero attached hydrogens (tertiary/aromatic N) is 2. The van der Waals surface area contributed by atoms with E-state index in [9.17, 15) is 13.6 Å². The summed E-state index contributed by atoms with van der Waals surface area (Å²) in [5.41, 5.74) is 1.63. The SMILES string of the molecule is COC(C)c1cccc(N(C)C(=O)Nc2ncc(Oc3cc(F)cc(F)c3)s2)c1. The number of rotatable bonds is 6. The highest BCUT2D eigenvalue weighted by molar-refractivity contribution is 7.17. The van der Waals surface area contributed by atoms with Crippen LogP contribution in [0.5, 0.6) is 10.8 Å². The molecule has 0 saturated heterocycles. The lowest BCUT2D eigenvalue weighted by atomic mass is 10.1. The second-order valence-electron chi connectivity index (χ2n) is 6.15. The lowest BCUT2D eigenvalue weighted by Gasteiger charge is -2.19. The second-order valence-corrected chi connectivity index (χ2v) is 7.15. The maximum Gasteiger partial charge on any atom is 0.327 e. The van der Waals surface area contributed by atoms with E-state index in [1.807, 2.05) is 25.1 Å². The number of aromatic nitrogens is 1. The van der Waals surface area contributed by atoms with Gasteiger partial charge in [0.15, 0.2) is 5.13 Å². The van der Waals surface area contributed by atoms with Crippen molar-refractivity contribution in [2.24, 2.45) is 0 Å². The summed E-state index contributed by atoms with van der Waals surface area (Å²) in [5.74, 6) is -1.49. The van der Waals surface area contributed by atoms with Crippen LogP contribution in [0.1, 0.15) is 18.6 Å². The maximum atomic E-state index is 13.3. The fraction of sp³-hybridized carbons (Fsp3) is 0.200. The minimum absolute atomic E-state index is 0.00484. The Balaban J connectivity index is 1.66.